The first-order valence-electron chi connectivity index (χ1n) is 11.2. The van der Waals surface area contributed by atoms with Crippen molar-refractivity contribution in [3.8, 4) is 11.3 Å². The number of halogens is 1. The zero-order valence-electron chi connectivity index (χ0n) is 17.8. The summed E-state index contributed by atoms with van der Waals surface area (Å²) in [4.78, 5) is 9.24. The fraction of sp³-hybridized carbons (Fsp3) is 0.545. The molecule has 0 amide bonds. The zero-order chi connectivity index (χ0) is 21.2. The summed E-state index contributed by atoms with van der Waals surface area (Å²) in [6, 6.07) is 2.91. The highest BCUT2D eigenvalue weighted by Crippen LogP contribution is 2.37. The summed E-state index contributed by atoms with van der Waals surface area (Å²) < 4.78 is 1.96. The Bertz CT molecular complexity index is 1000. The zero-order valence-corrected chi connectivity index (χ0v) is 18.6. The number of aromatic amines is 1. The molecule has 31 heavy (non-hydrogen) atoms. The summed E-state index contributed by atoms with van der Waals surface area (Å²) in [7, 11) is 1.99. The number of nitrogens with one attached hydrogen (secondary N) is 3. The SMILES string of the molecule is Cn1ncc(-c2nc(N[C@H]3CC[C@H](NCc4ccn[nH]4)CC3)ncc2Cl)c1CC1CC1. The second-order valence-corrected chi connectivity index (χ2v) is 9.23. The predicted molar refractivity (Wildman–Crippen MR) is 121 cm³/mol. The molecule has 0 bridgehead atoms. The van der Waals surface area contributed by atoms with Gasteiger partial charge in [-0.25, -0.2) is 9.97 Å². The highest BCUT2D eigenvalue weighted by Gasteiger charge is 2.26. The number of anilines is 1. The molecule has 164 valence electrons. The van der Waals surface area contributed by atoms with Crippen molar-refractivity contribution in [1.29, 1.82) is 0 Å². The average molecular weight is 441 g/mol. The van der Waals surface area contributed by atoms with E-state index in [1.807, 2.05) is 24.0 Å². The van der Waals surface area contributed by atoms with E-state index >= 15 is 0 Å². The quantitative estimate of drug-likeness (QED) is 0.494. The second-order valence-electron chi connectivity index (χ2n) is 8.82. The number of aryl methyl sites for hydroxylation is 1. The van der Waals surface area contributed by atoms with E-state index in [4.69, 9.17) is 16.6 Å². The molecule has 0 saturated heterocycles. The Hall–Kier alpha value is -2.45. The lowest BCUT2D eigenvalue weighted by Crippen LogP contribution is -2.37. The van der Waals surface area contributed by atoms with Crippen LogP contribution in [0.4, 0.5) is 5.95 Å². The van der Waals surface area contributed by atoms with Gasteiger partial charge in [-0.15, -0.1) is 0 Å². The van der Waals surface area contributed by atoms with Gasteiger partial charge in [-0.1, -0.05) is 11.6 Å². The van der Waals surface area contributed by atoms with Gasteiger partial charge in [0.1, 0.15) is 0 Å². The summed E-state index contributed by atoms with van der Waals surface area (Å²) in [5.74, 6) is 1.42. The third kappa shape index (κ3) is 4.91. The van der Waals surface area contributed by atoms with Crippen LogP contribution in [-0.4, -0.2) is 42.0 Å². The summed E-state index contributed by atoms with van der Waals surface area (Å²) in [6.07, 6.45) is 13.4. The number of rotatable bonds is 8. The van der Waals surface area contributed by atoms with Crippen molar-refractivity contribution in [3.05, 3.63) is 41.1 Å². The lowest BCUT2D eigenvalue weighted by Gasteiger charge is -2.29. The van der Waals surface area contributed by atoms with Crippen LogP contribution in [0.15, 0.2) is 24.7 Å². The normalized spacial score (nSPS) is 21.4. The molecule has 3 aromatic rings. The van der Waals surface area contributed by atoms with Crippen LogP contribution in [0, 0.1) is 5.92 Å². The van der Waals surface area contributed by atoms with Gasteiger partial charge in [-0.05, 0) is 56.9 Å². The topological polar surface area (TPSA) is 96.3 Å². The maximum Gasteiger partial charge on any atom is 0.223 e. The second kappa shape index (κ2) is 8.96. The number of H-pyrrole nitrogens is 1. The smallest absolute Gasteiger partial charge is 0.223 e. The summed E-state index contributed by atoms with van der Waals surface area (Å²) in [5.41, 5.74) is 4.13. The van der Waals surface area contributed by atoms with Gasteiger partial charge >= 0.3 is 0 Å². The van der Waals surface area contributed by atoms with Gasteiger partial charge in [0.2, 0.25) is 5.95 Å². The summed E-state index contributed by atoms with van der Waals surface area (Å²) in [5, 5.41) is 19.2. The van der Waals surface area contributed by atoms with E-state index in [2.05, 4.69) is 30.9 Å². The first kappa shape index (κ1) is 20.5. The molecular weight excluding hydrogens is 412 g/mol. The lowest BCUT2D eigenvalue weighted by molar-refractivity contribution is 0.351. The Balaban J connectivity index is 1.21. The summed E-state index contributed by atoms with van der Waals surface area (Å²) >= 11 is 6.50. The molecule has 9 heteroatoms. The van der Waals surface area contributed by atoms with Crippen LogP contribution in [0.5, 0.6) is 0 Å². The summed E-state index contributed by atoms with van der Waals surface area (Å²) in [6.45, 7) is 0.834. The largest absolute Gasteiger partial charge is 0.351 e. The lowest BCUT2D eigenvalue weighted by atomic mass is 9.91. The Morgan fingerprint density at radius 1 is 1.13 bits per heavy atom. The Kier molecular flexibility index (Phi) is 5.91. The van der Waals surface area contributed by atoms with Crippen molar-refractivity contribution in [1.82, 2.24) is 35.3 Å². The van der Waals surface area contributed by atoms with Crippen LogP contribution in [0.2, 0.25) is 5.02 Å². The minimum atomic E-state index is 0.374. The van der Waals surface area contributed by atoms with Gasteiger partial charge in [0, 0.05) is 48.8 Å². The Morgan fingerprint density at radius 2 is 1.94 bits per heavy atom. The molecule has 3 aromatic heterocycles. The molecule has 2 saturated carbocycles. The van der Waals surface area contributed by atoms with E-state index in [1.54, 1.807) is 12.4 Å². The molecule has 8 nitrogen and oxygen atoms in total. The first-order valence-corrected chi connectivity index (χ1v) is 11.6. The van der Waals surface area contributed by atoms with Crippen molar-refractivity contribution >= 4 is 17.5 Å². The molecule has 5 rings (SSSR count). The fourth-order valence-corrected chi connectivity index (χ4v) is 4.58. The van der Waals surface area contributed by atoms with Crippen molar-refractivity contribution < 1.29 is 0 Å². The van der Waals surface area contributed by atoms with E-state index in [-0.39, 0.29) is 0 Å². The highest BCUT2D eigenvalue weighted by molar-refractivity contribution is 6.32. The molecule has 0 spiro atoms. The van der Waals surface area contributed by atoms with Crippen molar-refractivity contribution in [3.63, 3.8) is 0 Å². The number of aromatic nitrogens is 6. The van der Waals surface area contributed by atoms with E-state index in [1.165, 1.54) is 18.5 Å². The molecule has 2 aliphatic rings. The van der Waals surface area contributed by atoms with Crippen LogP contribution in [0.1, 0.15) is 49.9 Å². The minimum absolute atomic E-state index is 0.374. The van der Waals surface area contributed by atoms with Crippen LogP contribution < -0.4 is 10.6 Å². The van der Waals surface area contributed by atoms with Gasteiger partial charge in [-0.2, -0.15) is 10.2 Å². The van der Waals surface area contributed by atoms with Crippen molar-refractivity contribution in [2.24, 2.45) is 13.0 Å². The third-order valence-electron chi connectivity index (χ3n) is 6.44. The monoisotopic (exact) mass is 440 g/mol. The molecule has 3 N–H and O–H groups in total. The molecule has 0 unspecified atom stereocenters. The molecule has 0 aliphatic heterocycles. The average Bonchev–Trinajstić information content (AvgIpc) is 3.31. The van der Waals surface area contributed by atoms with Gasteiger partial charge in [0.25, 0.3) is 0 Å². The van der Waals surface area contributed by atoms with Crippen LogP contribution in [0.3, 0.4) is 0 Å². The Labute approximate surface area is 187 Å². The van der Waals surface area contributed by atoms with E-state index in [0.29, 0.717) is 23.1 Å². The molecule has 0 atom stereocenters. The number of nitrogens with zero attached hydrogens (tertiary/aromatic N) is 5. The maximum atomic E-state index is 6.50. The highest BCUT2D eigenvalue weighted by atomic mass is 35.5. The molecule has 3 heterocycles. The van der Waals surface area contributed by atoms with Gasteiger partial charge in [0.05, 0.1) is 23.1 Å². The van der Waals surface area contributed by atoms with Crippen LogP contribution in [0.25, 0.3) is 11.3 Å². The van der Waals surface area contributed by atoms with Crippen molar-refractivity contribution in [2.75, 3.05) is 5.32 Å². The van der Waals surface area contributed by atoms with Crippen LogP contribution >= 0.6 is 11.6 Å². The minimum Gasteiger partial charge on any atom is -0.351 e. The molecule has 2 fully saturated rings. The van der Waals surface area contributed by atoms with E-state index in [0.717, 1.165) is 61.5 Å². The molecular formula is C22H29ClN8. The molecule has 2 aliphatic carbocycles. The number of hydrogen-bond acceptors (Lipinski definition) is 6. The first-order chi connectivity index (χ1) is 15.2. The van der Waals surface area contributed by atoms with E-state index in [9.17, 15) is 0 Å². The van der Waals surface area contributed by atoms with Crippen LogP contribution in [-0.2, 0) is 20.0 Å². The standard InChI is InChI=1S/C22H29ClN8/c1-31-20(10-14-2-3-14)18(12-27-31)21-19(23)13-25-22(29-21)28-16-6-4-15(5-7-16)24-11-17-8-9-26-30-17/h8-9,12-16,24H,2-7,10-11H2,1H3,(H,26,30)(H,25,28,29)/t15-,16-. The van der Waals surface area contributed by atoms with E-state index < -0.39 is 0 Å². The van der Waals surface area contributed by atoms with Crippen molar-refractivity contribution in [2.45, 2.75) is 63.6 Å². The predicted octanol–water partition coefficient (Wildman–Crippen LogP) is 3.72. The Morgan fingerprint density at radius 3 is 2.68 bits per heavy atom. The van der Waals surface area contributed by atoms with Gasteiger partial charge in [-0.3, -0.25) is 9.78 Å². The third-order valence-corrected chi connectivity index (χ3v) is 6.72. The molecule has 0 aromatic carbocycles. The maximum absolute atomic E-state index is 6.50. The number of hydrogen-bond donors (Lipinski definition) is 3. The molecule has 0 radical (unpaired) electrons. The van der Waals surface area contributed by atoms with Gasteiger partial charge < -0.3 is 10.6 Å². The fourth-order valence-electron chi connectivity index (χ4n) is 4.39. The van der Waals surface area contributed by atoms with Gasteiger partial charge in [0.15, 0.2) is 0 Å².